The van der Waals surface area contributed by atoms with Crippen molar-refractivity contribution < 1.29 is 13.2 Å². The molecule has 2 aromatic heterocycles. The van der Waals surface area contributed by atoms with E-state index in [1.54, 1.807) is 16.9 Å². The fourth-order valence-electron chi connectivity index (χ4n) is 2.99. The molecule has 0 saturated heterocycles. The van der Waals surface area contributed by atoms with Crippen molar-refractivity contribution in [2.75, 3.05) is 5.43 Å². The molecule has 2 aromatic carbocycles. The average Bonchev–Trinajstić information content (AvgIpc) is 3.06. The number of pyridine rings is 1. The van der Waals surface area contributed by atoms with Crippen LogP contribution in [-0.2, 0) is 6.18 Å². The van der Waals surface area contributed by atoms with Crippen molar-refractivity contribution in [3.05, 3.63) is 83.7 Å². The lowest BCUT2D eigenvalue weighted by molar-refractivity contribution is -0.137. The first-order valence-corrected chi connectivity index (χ1v) is 8.79. The van der Waals surface area contributed by atoms with E-state index in [1.165, 1.54) is 18.3 Å². The fraction of sp³-hybridized carbons (Fsp3) is 0.0952. The summed E-state index contributed by atoms with van der Waals surface area (Å²) in [6.07, 6.45) is -1.24. The van der Waals surface area contributed by atoms with Crippen LogP contribution in [0.3, 0.4) is 0 Å². The van der Waals surface area contributed by atoms with Crippen LogP contribution in [0.15, 0.2) is 72.0 Å². The number of anilines is 1. The van der Waals surface area contributed by atoms with Crippen LogP contribution >= 0.6 is 0 Å². The van der Waals surface area contributed by atoms with E-state index in [1.807, 2.05) is 37.3 Å². The molecule has 0 amide bonds. The van der Waals surface area contributed by atoms with E-state index in [-0.39, 0.29) is 0 Å². The number of hydrazone groups is 1. The van der Waals surface area contributed by atoms with Gasteiger partial charge in [-0.25, -0.2) is 9.67 Å². The van der Waals surface area contributed by atoms with Gasteiger partial charge >= 0.3 is 6.18 Å². The summed E-state index contributed by atoms with van der Waals surface area (Å²) in [4.78, 5) is 4.44. The number of alkyl halides is 3. The zero-order valence-electron chi connectivity index (χ0n) is 15.4. The number of nitrogens with zero attached hydrogens (tertiary/aromatic N) is 4. The van der Waals surface area contributed by atoms with Crippen molar-refractivity contribution in [3.63, 3.8) is 0 Å². The van der Waals surface area contributed by atoms with Crippen molar-refractivity contribution in [1.29, 1.82) is 0 Å². The molecular formula is C21H16F3N5. The first-order valence-electron chi connectivity index (χ1n) is 8.79. The van der Waals surface area contributed by atoms with E-state index in [4.69, 9.17) is 0 Å². The second kappa shape index (κ2) is 7.38. The van der Waals surface area contributed by atoms with E-state index in [2.05, 4.69) is 20.6 Å². The highest BCUT2D eigenvalue weighted by molar-refractivity contribution is 5.92. The van der Waals surface area contributed by atoms with E-state index in [0.29, 0.717) is 16.9 Å². The standard InChI is InChI=1S/C21H16F3N5/c1-14-19-18(27-26-13-15-7-9-16(10-8-15)21(22,23)24)11-12-25-20(19)29(28-14)17-5-3-2-4-6-17/h2-13H,1H3,(H,25,27). The van der Waals surface area contributed by atoms with E-state index < -0.39 is 11.7 Å². The summed E-state index contributed by atoms with van der Waals surface area (Å²) < 4.78 is 39.7. The summed E-state index contributed by atoms with van der Waals surface area (Å²) >= 11 is 0. The summed E-state index contributed by atoms with van der Waals surface area (Å²) in [6.45, 7) is 1.88. The number of hydrogen-bond acceptors (Lipinski definition) is 4. The molecule has 4 rings (SSSR count). The number of aromatic nitrogens is 3. The Bertz CT molecular complexity index is 1160. The molecule has 0 unspecified atom stereocenters. The van der Waals surface area contributed by atoms with Crippen LogP contribution in [-0.4, -0.2) is 21.0 Å². The average molecular weight is 395 g/mol. The molecule has 0 spiro atoms. The number of nitrogens with one attached hydrogen (secondary N) is 1. The second-order valence-electron chi connectivity index (χ2n) is 6.38. The van der Waals surface area contributed by atoms with E-state index >= 15 is 0 Å². The molecule has 0 bridgehead atoms. The van der Waals surface area contributed by atoms with Crippen molar-refractivity contribution in [1.82, 2.24) is 14.8 Å². The highest BCUT2D eigenvalue weighted by Gasteiger charge is 2.29. The van der Waals surface area contributed by atoms with E-state index in [0.717, 1.165) is 28.9 Å². The highest BCUT2D eigenvalue weighted by atomic mass is 19.4. The van der Waals surface area contributed by atoms with Gasteiger partial charge in [0, 0.05) is 6.20 Å². The number of fused-ring (bicyclic) bond motifs is 1. The summed E-state index contributed by atoms with van der Waals surface area (Å²) in [5.74, 6) is 0. The summed E-state index contributed by atoms with van der Waals surface area (Å²) in [7, 11) is 0. The minimum atomic E-state index is -4.35. The van der Waals surface area contributed by atoms with Gasteiger partial charge in [-0.15, -0.1) is 0 Å². The molecule has 0 atom stereocenters. The third-order valence-corrected chi connectivity index (χ3v) is 4.38. The Morgan fingerprint density at radius 3 is 2.41 bits per heavy atom. The maximum atomic E-state index is 12.6. The van der Waals surface area contributed by atoms with E-state index in [9.17, 15) is 13.2 Å². The van der Waals surface area contributed by atoms with Crippen LogP contribution in [0.25, 0.3) is 16.7 Å². The highest BCUT2D eigenvalue weighted by Crippen LogP contribution is 2.29. The molecule has 0 aliphatic carbocycles. The molecule has 0 fully saturated rings. The number of para-hydroxylation sites is 1. The third kappa shape index (κ3) is 3.82. The Labute approximate surface area is 164 Å². The summed E-state index contributed by atoms with van der Waals surface area (Å²) in [6, 6.07) is 16.2. The van der Waals surface area contributed by atoms with Crippen LogP contribution in [0.2, 0.25) is 0 Å². The number of halogens is 3. The van der Waals surface area contributed by atoms with Crippen LogP contribution in [0, 0.1) is 6.92 Å². The zero-order valence-corrected chi connectivity index (χ0v) is 15.4. The normalized spacial score (nSPS) is 12.0. The maximum Gasteiger partial charge on any atom is 0.416 e. The Morgan fingerprint density at radius 2 is 1.72 bits per heavy atom. The summed E-state index contributed by atoms with van der Waals surface area (Å²) in [5.41, 5.74) is 5.86. The molecule has 5 nitrogen and oxygen atoms in total. The van der Waals surface area contributed by atoms with Gasteiger partial charge in [-0.3, -0.25) is 5.43 Å². The third-order valence-electron chi connectivity index (χ3n) is 4.38. The van der Waals surface area contributed by atoms with Gasteiger partial charge in [-0.05, 0) is 42.8 Å². The lowest BCUT2D eigenvalue weighted by Crippen LogP contribution is -2.04. The molecule has 1 N–H and O–H groups in total. The Balaban J connectivity index is 1.60. The molecule has 2 heterocycles. The van der Waals surface area contributed by atoms with Crippen LogP contribution in [0.5, 0.6) is 0 Å². The zero-order chi connectivity index (χ0) is 20.4. The second-order valence-corrected chi connectivity index (χ2v) is 6.38. The number of benzene rings is 2. The van der Waals surface area contributed by atoms with Gasteiger partial charge in [0.15, 0.2) is 5.65 Å². The predicted octanol–water partition coefficient (Wildman–Crippen LogP) is 5.19. The minimum absolute atomic E-state index is 0.549. The van der Waals surface area contributed by atoms with Gasteiger partial charge in [-0.1, -0.05) is 30.3 Å². The maximum absolute atomic E-state index is 12.6. The topological polar surface area (TPSA) is 55.1 Å². The Morgan fingerprint density at radius 1 is 1.00 bits per heavy atom. The summed E-state index contributed by atoms with van der Waals surface area (Å²) in [5, 5.41) is 9.55. The fourth-order valence-corrected chi connectivity index (χ4v) is 2.99. The molecule has 0 aliphatic rings. The van der Waals surface area contributed by atoms with Gasteiger partial charge in [0.2, 0.25) is 0 Å². The first kappa shape index (κ1) is 18.7. The molecular weight excluding hydrogens is 379 g/mol. The molecule has 29 heavy (non-hydrogen) atoms. The van der Waals surface area contributed by atoms with Gasteiger partial charge in [0.1, 0.15) is 0 Å². The van der Waals surface area contributed by atoms with Gasteiger partial charge in [0.05, 0.1) is 34.2 Å². The van der Waals surface area contributed by atoms with Crippen LogP contribution in [0.1, 0.15) is 16.8 Å². The molecule has 0 radical (unpaired) electrons. The Kier molecular flexibility index (Phi) is 4.75. The first-order chi connectivity index (χ1) is 13.9. The van der Waals surface area contributed by atoms with Crippen molar-refractivity contribution in [2.24, 2.45) is 5.10 Å². The minimum Gasteiger partial charge on any atom is -0.278 e. The smallest absolute Gasteiger partial charge is 0.278 e. The molecule has 4 aromatic rings. The van der Waals surface area contributed by atoms with Crippen LogP contribution in [0.4, 0.5) is 18.9 Å². The number of aryl methyl sites for hydroxylation is 1. The molecule has 0 saturated carbocycles. The quantitative estimate of drug-likeness (QED) is 0.382. The van der Waals surface area contributed by atoms with Crippen molar-refractivity contribution in [3.8, 4) is 5.69 Å². The lowest BCUT2D eigenvalue weighted by Gasteiger charge is -2.06. The molecule has 146 valence electrons. The van der Waals surface area contributed by atoms with Crippen LogP contribution < -0.4 is 5.43 Å². The predicted molar refractivity (Wildman–Crippen MR) is 106 cm³/mol. The molecule has 8 heteroatoms. The van der Waals surface area contributed by atoms with Crippen molar-refractivity contribution in [2.45, 2.75) is 13.1 Å². The number of hydrogen-bond donors (Lipinski definition) is 1. The lowest BCUT2D eigenvalue weighted by atomic mass is 10.1. The number of rotatable bonds is 4. The van der Waals surface area contributed by atoms with Gasteiger partial charge < -0.3 is 0 Å². The van der Waals surface area contributed by atoms with Gasteiger partial charge in [-0.2, -0.15) is 23.4 Å². The SMILES string of the molecule is Cc1nn(-c2ccccc2)c2nccc(NN=Cc3ccc(C(F)(F)F)cc3)c12. The monoisotopic (exact) mass is 395 g/mol. The molecule has 0 aliphatic heterocycles. The van der Waals surface area contributed by atoms with Gasteiger partial charge in [0.25, 0.3) is 0 Å². The Hall–Kier alpha value is -3.68. The largest absolute Gasteiger partial charge is 0.416 e. The van der Waals surface area contributed by atoms with Crippen molar-refractivity contribution >= 4 is 22.9 Å².